The molecule has 6 nitrogen and oxygen atoms in total. The number of ether oxygens (including phenoxy) is 5. The van der Waals surface area contributed by atoms with Gasteiger partial charge in [-0.3, -0.25) is 0 Å². The standard InChI is InChI=1S/C21H22O6/c22-9-16-15(5-13-1-3-17-20(7-13)26-11-24-17)10-23-19(16)6-14-2-4-18-21(8-14)27-12-25-18/h1-4,7-8,15-16,19,22H,5-6,9-12H2. The number of aliphatic hydroxyl groups is 1. The molecule has 2 aromatic carbocycles. The molecule has 3 aliphatic heterocycles. The molecule has 0 saturated carbocycles. The van der Waals surface area contributed by atoms with Gasteiger partial charge in [0, 0.05) is 12.5 Å². The molecule has 1 saturated heterocycles. The Morgan fingerprint density at radius 3 is 2.00 bits per heavy atom. The monoisotopic (exact) mass is 370 g/mol. The molecule has 0 bridgehead atoms. The van der Waals surface area contributed by atoms with Crippen LogP contribution in [0.15, 0.2) is 36.4 Å². The third-order valence-electron chi connectivity index (χ3n) is 5.63. The Morgan fingerprint density at radius 2 is 1.37 bits per heavy atom. The first-order valence-electron chi connectivity index (χ1n) is 9.29. The molecule has 3 atom stereocenters. The van der Waals surface area contributed by atoms with Crippen molar-refractivity contribution < 1.29 is 28.8 Å². The lowest BCUT2D eigenvalue weighted by molar-refractivity contribution is 0.0724. The predicted molar refractivity (Wildman–Crippen MR) is 96.3 cm³/mol. The van der Waals surface area contributed by atoms with Gasteiger partial charge in [0.25, 0.3) is 0 Å². The summed E-state index contributed by atoms with van der Waals surface area (Å²) in [5, 5.41) is 10.0. The molecule has 3 aliphatic rings. The lowest BCUT2D eigenvalue weighted by atomic mass is 9.84. The normalized spacial score (nSPS) is 25.1. The highest BCUT2D eigenvalue weighted by Crippen LogP contribution is 2.37. The van der Waals surface area contributed by atoms with Crippen molar-refractivity contribution in [1.82, 2.24) is 0 Å². The molecule has 0 aromatic heterocycles. The summed E-state index contributed by atoms with van der Waals surface area (Å²) >= 11 is 0. The van der Waals surface area contributed by atoms with Crippen LogP contribution in [0.5, 0.6) is 23.0 Å². The molecular weight excluding hydrogens is 348 g/mol. The van der Waals surface area contributed by atoms with Gasteiger partial charge in [-0.2, -0.15) is 0 Å². The van der Waals surface area contributed by atoms with E-state index in [1.54, 1.807) is 0 Å². The molecule has 5 rings (SSSR count). The van der Waals surface area contributed by atoms with E-state index in [4.69, 9.17) is 23.7 Å². The van der Waals surface area contributed by atoms with Crippen LogP contribution in [0.1, 0.15) is 11.1 Å². The fraction of sp³-hybridized carbons (Fsp3) is 0.429. The fourth-order valence-electron chi connectivity index (χ4n) is 4.16. The van der Waals surface area contributed by atoms with Gasteiger partial charge in [-0.25, -0.2) is 0 Å². The molecule has 0 radical (unpaired) electrons. The molecule has 1 fully saturated rings. The van der Waals surface area contributed by atoms with E-state index in [1.807, 2.05) is 30.3 Å². The summed E-state index contributed by atoms with van der Waals surface area (Å²) in [5.41, 5.74) is 2.31. The zero-order valence-corrected chi connectivity index (χ0v) is 14.9. The van der Waals surface area contributed by atoms with Crippen LogP contribution in [-0.2, 0) is 17.6 Å². The van der Waals surface area contributed by atoms with Crippen LogP contribution >= 0.6 is 0 Å². The first kappa shape index (κ1) is 16.7. The van der Waals surface area contributed by atoms with Crippen LogP contribution in [0.2, 0.25) is 0 Å². The van der Waals surface area contributed by atoms with Gasteiger partial charge in [0.15, 0.2) is 23.0 Å². The largest absolute Gasteiger partial charge is 0.454 e. The van der Waals surface area contributed by atoms with Crippen molar-refractivity contribution in [2.24, 2.45) is 11.8 Å². The molecule has 27 heavy (non-hydrogen) atoms. The highest BCUT2D eigenvalue weighted by molar-refractivity contribution is 5.45. The van der Waals surface area contributed by atoms with Crippen molar-refractivity contribution in [2.75, 3.05) is 26.8 Å². The van der Waals surface area contributed by atoms with Crippen LogP contribution in [0.4, 0.5) is 0 Å². The van der Waals surface area contributed by atoms with E-state index in [2.05, 4.69) is 6.07 Å². The molecule has 2 aromatic rings. The SMILES string of the molecule is OCC1C(Cc2ccc3c(c2)OCO3)COC1Cc1ccc2c(c1)OCO2. The first-order chi connectivity index (χ1) is 13.3. The Kier molecular flexibility index (Phi) is 4.30. The number of hydrogen-bond acceptors (Lipinski definition) is 6. The van der Waals surface area contributed by atoms with E-state index < -0.39 is 0 Å². The lowest BCUT2D eigenvalue weighted by Gasteiger charge is -2.21. The molecule has 1 N–H and O–H groups in total. The average Bonchev–Trinajstić information content (AvgIpc) is 3.41. The molecule has 0 aliphatic carbocycles. The minimum atomic E-state index is -0.00520. The zero-order valence-electron chi connectivity index (χ0n) is 14.9. The summed E-state index contributed by atoms with van der Waals surface area (Å²) in [5.74, 6) is 3.52. The Balaban J connectivity index is 1.27. The molecule has 3 heterocycles. The Morgan fingerprint density at radius 1 is 0.778 bits per heavy atom. The van der Waals surface area contributed by atoms with E-state index in [-0.39, 0.29) is 38.1 Å². The smallest absolute Gasteiger partial charge is 0.231 e. The van der Waals surface area contributed by atoms with Crippen LogP contribution in [0, 0.1) is 11.8 Å². The molecule has 3 unspecified atom stereocenters. The summed E-state index contributed by atoms with van der Waals surface area (Å²) < 4.78 is 27.7. The van der Waals surface area contributed by atoms with Crippen LogP contribution < -0.4 is 18.9 Å². The van der Waals surface area contributed by atoms with Crippen molar-refractivity contribution in [2.45, 2.75) is 18.9 Å². The number of fused-ring (bicyclic) bond motifs is 2. The Labute approximate surface area is 157 Å². The predicted octanol–water partition coefficient (Wildman–Crippen LogP) is 2.55. The van der Waals surface area contributed by atoms with Crippen molar-refractivity contribution in [3.05, 3.63) is 47.5 Å². The topological polar surface area (TPSA) is 66.4 Å². The van der Waals surface area contributed by atoms with Crippen molar-refractivity contribution in [1.29, 1.82) is 0 Å². The highest BCUT2D eigenvalue weighted by Gasteiger charge is 2.37. The van der Waals surface area contributed by atoms with Crippen molar-refractivity contribution >= 4 is 0 Å². The van der Waals surface area contributed by atoms with Gasteiger partial charge < -0.3 is 28.8 Å². The summed E-state index contributed by atoms with van der Waals surface area (Å²) in [6.07, 6.45) is 1.59. The van der Waals surface area contributed by atoms with Gasteiger partial charge in [0.2, 0.25) is 13.6 Å². The van der Waals surface area contributed by atoms with Gasteiger partial charge in [-0.15, -0.1) is 0 Å². The van der Waals surface area contributed by atoms with Gasteiger partial charge in [-0.05, 0) is 54.2 Å². The van der Waals surface area contributed by atoms with E-state index in [9.17, 15) is 5.11 Å². The maximum atomic E-state index is 10.0. The van der Waals surface area contributed by atoms with Crippen molar-refractivity contribution in [3.8, 4) is 23.0 Å². The lowest BCUT2D eigenvalue weighted by Crippen LogP contribution is -2.27. The van der Waals surface area contributed by atoms with Crippen molar-refractivity contribution in [3.63, 3.8) is 0 Å². The Hall–Kier alpha value is -2.44. The minimum absolute atomic E-state index is 0.00520. The number of benzene rings is 2. The fourth-order valence-corrected chi connectivity index (χ4v) is 4.16. The molecule has 6 heteroatoms. The second kappa shape index (κ2) is 6.94. The second-order valence-corrected chi connectivity index (χ2v) is 7.26. The van der Waals surface area contributed by atoms with Gasteiger partial charge in [0.1, 0.15) is 0 Å². The number of rotatable bonds is 5. The molecular formula is C21H22O6. The Bertz CT molecular complexity index is 768. The number of hydrogen-bond donors (Lipinski definition) is 1. The molecule has 0 amide bonds. The molecule has 142 valence electrons. The number of aliphatic hydroxyl groups excluding tert-OH is 1. The summed E-state index contributed by atoms with van der Waals surface area (Å²) in [7, 11) is 0. The average molecular weight is 370 g/mol. The third kappa shape index (κ3) is 3.19. The minimum Gasteiger partial charge on any atom is -0.454 e. The molecule has 0 spiro atoms. The van der Waals surface area contributed by atoms with E-state index >= 15 is 0 Å². The van der Waals surface area contributed by atoms with E-state index in [1.165, 1.54) is 5.56 Å². The summed E-state index contributed by atoms with van der Waals surface area (Å²) in [6.45, 7) is 1.32. The third-order valence-corrected chi connectivity index (χ3v) is 5.63. The van der Waals surface area contributed by atoms with Gasteiger partial charge >= 0.3 is 0 Å². The van der Waals surface area contributed by atoms with Gasteiger partial charge in [0.05, 0.1) is 12.7 Å². The van der Waals surface area contributed by atoms with Gasteiger partial charge in [-0.1, -0.05) is 12.1 Å². The second-order valence-electron chi connectivity index (χ2n) is 7.26. The zero-order chi connectivity index (χ0) is 18.2. The van der Waals surface area contributed by atoms with Crippen LogP contribution in [0.3, 0.4) is 0 Å². The summed E-state index contributed by atoms with van der Waals surface area (Å²) in [6, 6.07) is 12.0. The quantitative estimate of drug-likeness (QED) is 0.873. The highest BCUT2D eigenvalue weighted by atomic mass is 16.7. The first-order valence-corrected chi connectivity index (χ1v) is 9.29. The van der Waals surface area contributed by atoms with E-state index in [0.29, 0.717) is 6.61 Å². The van der Waals surface area contributed by atoms with Crippen LogP contribution in [0.25, 0.3) is 0 Å². The maximum Gasteiger partial charge on any atom is 0.231 e. The maximum absolute atomic E-state index is 10.0. The van der Waals surface area contributed by atoms with E-state index in [0.717, 1.165) is 41.4 Å². The van der Waals surface area contributed by atoms with Crippen LogP contribution in [-0.4, -0.2) is 38.0 Å². The summed E-state index contributed by atoms with van der Waals surface area (Å²) in [4.78, 5) is 0.